The average Bonchev–Trinajstić information content (AvgIpc) is 3.18. The van der Waals surface area contributed by atoms with Gasteiger partial charge in [-0.05, 0) is 37.3 Å². The van der Waals surface area contributed by atoms with Gasteiger partial charge in [-0.1, -0.05) is 6.92 Å². The first-order valence-electron chi connectivity index (χ1n) is 8.60. The summed E-state index contributed by atoms with van der Waals surface area (Å²) >= 11 is 0. The van der Waals surface area contributed by atoms with Crippen molar-refractivity contribution < 1.29 is 14.0 Å². The van der Waals surface area contributed by atoms with Crippen molar-refractivity contribution in [2.24, 2.45) is 11.7 Å². The molecule has 1 unspecified atom stereocenters. The molecular formula is C18H24FN3O2. The first-order chi connectivity index (χ1) is 11.4. The molecule has 2 aliphatic heterocycles. The van der Waals surface area contributed by atoms with Gasteiger partial charge in [0.15, 0.2) is 0 Å². The highest BCUT2D eigenvalue weighted by Gasteiger charge is 2.35. The molecule has 0 radical (unpaired) electrons. The van der Waals surface area contributed by atoms with Gasteiger partial charge in [0.05, 0.1) is 11.6 Å². The molecule has 0 spiro atoms. The Kier molecular flexibility index (Phi) is 4.47. The van der Waals surface area contributed by atoms with Crippen LogP contribution in [0, 0.1) is 18.7 Å². The van der Waals surface area contributed by atoms with E-state index in [4.69, 9.17) is 5.73 Å². The molecule has 24 heavy (non-hydrogen) atoms. The van der Waals surface area contributed by atoms with Crippen molar-refractivity contribution in [2.75, 3.05) is 29.4 Å². The second kappa shape index (κ2) is 6.42. The van der Waals surface area contributed by atoms with Crippen LogP contribution in [0.1, 0.15) is 37.3 Å². The topological polar surface area (TPSA) is 66.6 Å². The number of amides is 2. The number of benzene rings is 1. The van der Waals surface area contributed by atoms with Crippen molar-refractivity contribution in [2.45, 2.75) is 39.5 Å². The lowest BCUT2D eigenvalue weighted by Crippen LogP contribution is -2.30. The van der Waals surface area contributed by atoms with Gasteiger partial charge in [-0.25, -0.2) is 4.39 Å². The molecule has 2 amide bonds. The molecule has 1 aromatic carbocycles. The molecule has 0 aliphatic carbocycles. The summed E-state index contributed by atoms with van der Waals surface area (Å²) in [6, 6.07) is 1.45. The van der Waals surface area contributed by atoms with Crippen molar-refractivity contribution in [3.05, 3.63) is 23.0 Å². The monoisotopic (exact) mass is 333 g/mol. The molecule has 0 saturated carbocycles. The van der Waals surface area contributed by atoms with Crippen molar-refractivity contribution >= 4 is 23.2 Å². The number of halogens is 1. The number of anilines is 2. The van der Waals surface area contributed by atoms with E-state index in [-0.39, 0.29) is 24.7 Å². The van der Waals surface area contributed by atoms with Crippen molar-refractivity contribution in [3.63, 3.8) is 0 Å². The van der Waals surface area contributed by atoms with Crippen LogP contribution in [0.2, 0.25) is 0 Å². The van der Waals surface area contributed by atoms with Gasteiger partial charge in [0, 0.05) is 37.8 Å². The highest BCUT2D eigenvalue weighted by molar-refractivity contribution is 6.01. The first kappa shape index (κ1) is 16.7. The molecule has 2 saturated heterocycles. The third-order valence-electron chi connectivity index (χ3n) is 5.21. The Morgan fingerprint density at radius 3 is 2.58 bits per heavy atom. The minimum Gasteiger partial charge on any atom is -0.369 e. The lowest BCUT2D eigenvalue weighted by molar-refractivity contribution is -0.123. The van der Waals surface area contributed by atoms with E-state index in [2.05, 4.69) is 4.90 Å². The molecule has 0 aromatic heterocycles. The van der Waals surface area contributed by atoms with Crippen LogP contribution in [-0.2, 0) is 16.0 Å². The number of carbonyl (C=O) groups is 2. The lowest BCUT2D eigenvalue weighted by atomic mass is 10.00. The lowest BCUT2D eigenvalue weighted by Gasteiger charge is -2.27. The van der Waals surface area contributed by atoms with E-state index < -0.39 is 11.8 Å². The molecule has 0 bridgehead atoms. The van der Waals surface area contributed by atoms with Crippen molar-refractivity contribution in [1.82, 2.24) is 0 Å². The summed E-state index contributed by atoms with van der Waals surface area (Å²) in [5, 5.41) is 0. The Labute approximate surface area is 141 Å². The molecular weight excluding hydrogens is 309 g/mol. The highest BCUT2D eigenvalue weighted by atomic mass is 19.1. The van der Waals surface area contributed by atoms with Crippen LogP contribution in [0.25, 0.3) is 0 Å². The zero-order valence-corrected chi connectivity index (χ0v) is 14.3. The normalized spacial score (nSPS) is 21.0. The van der Waals surface area contributed by atoms with Gasteiger partial charge in [0.25, 0.3) is 0 Å². The van der Waals surface area contributed by atoms with E-state index in [0.29, 0.717) is 17.8 Å². The SMILES string of the molecule is CCc1c(C)c(N2CC(C(N)=O)CC2=O)cc(F)c1N1CCCC1. The summed E-state index contributed by atoms with van der Waals surface area (Å²) in [7, 11) is 0. The molecule has 3 rings (SSSR count). The third-order valence-corrected chi connectivity index (χ3v) is 5.21. The van der Waals surface area contributed by atoms with Crippen LogP contribution in [0.3, 0.4) is 0 Å². The summed E-state index contributed by atoms with van der Waals surface area (Å²) in [6.07, 6.45) is 2.96. The average molecular weight is 333 g/mol. The van der Waals surface area contributed by atoms with Crippen LogP contribution in [0.15, 0.2) is 6.07 Å². The van der Waals surface area contributed by atoms with Crippen LogP contribution in [0.4, 0.5) is 15.8 Å². The van der Waals surface area contributed by atoms with Crippen LogP contribution in [0.5, 0.6) is 0 Å². The molecule has 2 aliphatic rings. The zero-order valence-electron chi connectivity index (χ0n) is 14.3. The summed E-state index contributed by atoms with van der Waals surface area (Å²) in [6.45, 7) is 5.91. The van der Waals surface area contributed by atoms with Crippen molar-refractivity contribution in [1.29, 1.82) is 0 Å². The van der Waals surface area contributed by atoms with Gasteiger partial charge >= 0.3 is 0 Å². The molecule has 130 valence electrons. The van der Waals surface area contributed by atoms with E-state index >= 15 is 0 Å². The van der Waals surface area contributed by atoms with Gasteiger partial charge in [-0.3, -0.25) is 9.59 Å². The Balaban J connectivity index is 2.02. The molecule has 2 fully saturated rings. The molecule has 5 nitrogen and oxygen atoms in total. The number of nitrogens with zero attached hydrogens (tertiary/aromatic N) is 2. The fraction of sp³-hybridized carbons (Fsp3) is 0.556. The fourth-order valence-electron chi connectivity index (χ4n) is 3.90. The number of nitrogens with two attached hydrogens (primary N) is 1. The Bertz CT molecular complexity index is 683. The number of hydrogen-bond donors (Lipinski definition) is 1. The van der Waals surface area contributed by atoms with E-state index in [1.54, 1.807) is 0 Å². The standard InChI is InChI=1S/C18H24FN3O2/c1-3-13-11(2)15(22-10-12(18(20)24)8-16(22)23)9-14(19)17(13)21-6-4-5-7-21/h9,12H,3-8,10H2,1-2H3,(H2,20,24). The van der Waals surface area contributed by atoms with Gasteiger partial charge in [0.2, 0.25) is 11.8 Å². The molecule has 1 atom stereocenters. The second-order valence-corrected chi connectivity index (χ2v) is 6.69. The number of hydrogen-bond acceptors (Lipinski definition) is 3. The van der Waals surface area contributed by atoms with Crippen molar-refractivity contribution in [3.8, 4) is 0 Å². The Hall–Kier alpha value is -2.11. The quantitative estimate of drug-likeness (QED) is 0.918. The van der Waals surface area contributed by atoms with E-state index in [1.807, 2.05) is 13.8 Å². The second-order valence-electron chi connectivity index (χ2n) is 6.69. The molecule has 2 heterocycles. The molecule has 2 N–H and O–H groups in total. The highest BCUT2D eigenvalue weighted by Crippen LogP contribution is 2.38. The molecule has 6 heteroatoms. The predicted molar refractivity (Wildman–Crippen MR) is 91.6 cm³/mol. The Morgan fingerprint density at radius 1 is 1.38 bits per heavy atom. The van der Waals surface area contributed by atoms with Gasteiger partial charge < -0.3 is 15.5 Å². The summed E-state index contributed by atoms with van der Waals surface area (Å²) < 4.78 is 14.9. The van der Waals surface area contributed by atoms with Gasteiger partial charge in [-0.2, -0.15) is 0 Å². The van der Waals surface area contributed by atoms with E-state index in [1.165, 1.54) is 11.0 Å². The number of carbonyl (C=O) groups excluding carboxylic acids is 2. The van der Waals surface area contributed by atoms with E-state index in [0.717, 1.165) is 37.1 Å². The summed E-state index contributed by atoms with van der Waals surface area (Å²) in [5.74, 6) is -1.43. The number of rotatable bonds is 4. The van der Waals surface area contributed by atoms with Gasteiger partial charge in [-0.15, -0.1) is 0 Å². The van der Waals surface area contributed by atoms with Crippen LogP contribution < -0.4 is 15.5 Å². The third kappa shape index (κ3) is 2.74. The smallest absolute Gasteiger partial charge is 0.227 e. The van der Waals surface area contributed by atoms with Crippen LogP contribution in [-0.4, -0.2) is 31.4 Å². The molecule has 1 aromatic rings. The first-order valence-corrected chi connectivity index (χ1v) is 8.60. The maximum absolute atomic E-state index is 14.9. The number of primary amides is 1. The fourth-order valence-corrected chi connectivity index (χ4v) is 3.90. The Morgan fingerprint density at radius 2 is 2.04 bits per heavy atom. The summed E-state index contributed by atoms with van der Waals surface area (Å²) in [4.78, 5) is 27.3. The maximum Gasteiger partial charge on any atom is 0.227 e. The summed E-state index contributed by atoms with van der Waals surface area (Å²) in [5.41, 5.74) is 8.44. The zero-order chi connectivity index (χ0) is 17.4. The predicted octanol–water partition coefficient (Wildman–Crippen LogP) is 2.13. The minimum atomic E-state index is -0.497. The van der Waals surface area contributed by atoms with Gasteiger partial charge in [0.1, 0.15) is 5.82 Å². The maximum atomic E-state index is 14.9. The van der Waals surface area contributed by atoms with Crippen LogP contribution >= 0.6 is 0 Å². The minimum absolute atomic E-state index is 0.103. The largest absolute Gasteiger partial charge is 0.369 e. The van der Waals surface area contributed by atoms with E-state index in [9.17, 15) is 14.0 Å².